The SMILES string of the molecule is CN=C(NCCNC(=O)c1cccnc1)NCC(C)Oc1ccccc1OC.I. The summed E-state index contributed by atoms with van der Waals surface area (Å²) in [5.74, 6) is 1.87. The maximum absolute atomic E-state index is 11.9. The van der Waals surface area contributed by atoms with Crippen molar-refractivity contribution in [3.8, 4) is 11.5 Å². The molecule has 0 aliphatic carbocycles. The molecular weight excluding hydrogens is 485 g/mol. The van der Waals surface area contributed by atoms with Crippen LogP contribution in [0.2, 0.25) is 0 Å². The van der Waals surface area contributed by atoms with E-state index in [0.29, 0.717) is 42.7 Å². The third-order valence-electron chi connectivity index (χ3n) is 3.80. The minimum absolute atomic E-state index is 0. The van der Waals surface area contributed by atoms with Gasteiger partial charge in [-0.25, -0.2) is 0 Å². The van der Waals surface area contributed by atoms with Crippen LogP contribution in [0.4, 0.5) is 0 Å². The summed E-state index contributed by atoms with van der Waals surface area (Å²) in [6, 6.07) is 11.0. The molecule has 1 aromatic carbocycles. The van der Waals surface area contributed by atoms with Crippen LogP contribution in [0.25, 0.3) is 0 Å². The van der Waals surface area contributed by atoms with Crippen molar-refractivity contribution >= 4 is 35.8 Å². The van der Waals surface area contributed by atoms with Gasteiger partial charge in [-0.1, -0.05) is 12.1 Å². The summed E-state index contributed by atoms with van der Waals surface area (Å²) in [6.45, 7) is 3.51. The number of ether oxygens (including phenoxy) is 2. The van der Waals surface area contributed by atoms with Gasteiger partial charge in [-0.2, -0.15) is 0 Å². The Kier molecular flexibility index (Phi) is 11.5. The summed E-state index contributed by atoms with van der Waals surface area (Å²) in [7, 11) is 3.30. The topological polar surface area (TPSA) is 96.9 Å². The van der Waals surface area contributed by atoms with Crippen molar-refractivity contribution in [2.75, 3.05) is 33.8 Å². The number of amides is 1. The molecule has 158 valence electrons. The Balaban J connectivity index is 0.00000420. The van der Waals surface area contributed by atoms with Crippen LogP contribution < -0.4 is 25.4 Å². The molecule has 0 saturated carbocycles. The van der Waals surface area contributed by atoms with Crippen molar-refractivity contribution in [3.63, 3.8) is 0 Å². The van der Waals surface area contributed by atoms with Crippen LogP contribution in [0.3, 0.4) is 0 Å². The molecule has 0 fully saturated rings. The Bertz CT molecular complexity index is 774. The van der Waals surface area contributed by atoms with E-state index in [-0.39, 0.29) is 36.0 Å². The first-order chi connectivity index (χ1) is 13.6. The summed E-state index contributed by atoms with van der Waals surface area (Å²) < 4.78 is 11.2. The van der Waals surface area contributed by atoms with E-state index in [1.54, 1.807) is 32.5 Å². The van der Waals surface area contributed by atoms with Gasteiger partial charge in [0, 0.05) is 32.5 Å². The van der Waals surface area contributed by atoms with Crippen molar-refractivity contribution in [2.24, 2.45) is 4.99 Å². The molecule has 0 bridgehead atoms. The lowest BCUT2D eigenvalue weighted by Crippen LogP contribution is -2.44. The average Bonchev–Trinajstić information content (AvgIpc) is 2.74. The second-order valence-corrected chi connectivity index (χ2v) is 5.96. The van der Waals surface area contributed by atoms with Gasteiger partial charge in [0.05, 0.1) is 19.2 Å². The first-order valence-corrected chi connectivity index (χ1v) is 9.06. The molecule has 1 aromatic heterocycles. The zero-order chi connectivity index (χ0) is 20.2. The maximum Gasteiger partial charge on any atom is 0.252 e. The molecule has 1 atom stereocenters. The van der Waals surface area contributed by atoms with E-state index in [1.165, 1.54) is 6.20 Å². The molecule has 1 unspecified atom stereocenters. The molecule has 9 heteroatoms. The van der Waals surface area contributed by atoms with Gasteiger partial charge in [0.2, 0.25) is 0 Å². The molecule has 0 aliphatic heterocycles. The molecule has 0 spiro atoms. The Morgan fingerprint density at radius 2 is 1.83 bits per heavy atom. The highest BCUT2D eigenvalue weighted by atomic mass is 127. The van der Waals surface area contributed by atoms with Crippen molar-refractivity contribution in [1.29, 1.82) is 0 Å². The number of carbonyl (C=O) groups is 1. The molecule has 0 saturated heterocycles. The highest BCUT2D eigenvalue weighted by Gasteiger charge is 2.09. The normalized spacial score (nSPS) is 11.6. The summed E-state index contributed by atoms with van der Waals surface area (Å²) in [4.78, 5) is 20.0. The molecule has 8 nitrogen and oxygen atoms in total. The van der Waals surface area contributed by atoms with Crippen LogP contribution in [0, 0.1) is 0 Å². The van der Waals surface area contributed by atoms with Gasteiger partial charge in [-0.05, 0) is 31.2 Å². The molecule has 1 heterocycles. The summed E-state index contributed by atoms with van der Waals surface area (Å²) in [6.07, 6.45) is 3.07. The van der Waals surface area contributed by atoms with E-state index in [0.717, 1.165) is 0 Å². The predicted molar refractivity (Wildman–Crippen MR) is 124 cm³/mol. The molecule has 3 N–H and O–H groups in total. The van der Waals surface area contributed by atoms with E-state index in [9.17, 15) is 4.79 Å². The molecule has 2 aromatic rings. The van der Waals surface area contributed by atoms with Crippen LogP contribution in [0.15, 0.2) is 53.8 Å². The van der Waals surface area contributed by atoms with Crippen molar-refractivity contribution < 1.29 is 14.3 Å². The van der Waals surface area contributed by atoms with E-state index in [1.807, 2.05) is 31.2 Å². The number of pyridine rings is 1. The lowest BCUT2D eigenvalue weighted by atomic mass is 10.3. The lowest BCUT2D eigenvalue weighted by molar-refractivity contribution is 0.0954. The quantitative estimate of drug-likeness (QED) is 0.206. The number of hydrogen-bond donors (Lipinski definition) is 3. The minimum atomic E-state index is -0.156. The Morgan fingerprint density at radius 1 is 1.10 bits per heavy atom. The summed E-state index contributed by atoms with van der Waals surface area (Å²) in [5.41, 5.74) is 0.535. The number of carbonyl (C=O) groups excluding carboxylic acids is 1. The Morgan fingerprint density at radius 3 is 2.48 bits per heavy atom. The fourth-order valence-corrected chi connectivity index (χ4v) is 2.39. The molecular formula is C20H28IN5O3. The van der Waals surface area contributed by atoms with Gasteiger partial charge in [0.15, 0.2) is 17.5 Å². The smallest absolute Gasteiger partial charge is 0.252 e. The predicted octanol–water partition coefficient (Wildman–Crippen LogP) is 2.07. The number of aliphatic imine (C=N–C) groups is 1. The molecule has 0 aliphatic rings. The van der Waals surface area contributed by atoms with Gasteiger partial charge in [-0.15, -0.1) is 24.0 Å². The number of benzene rings is 1. The number of rotatable bonds is 9. The number of nitrogens with zero attached hydrogens (tertiary/aromatic N) is 2. The number of nitrogens with one attached hydrogen (secondary N) is 3. The number of aromatic nitrogens is 1. The highest BCUT2D eigenvalue weighted by molar-refractivity contribution is 14.0. The van der Waals surface area contributed by atoms with E-state index in [4.69, 9.17) is 9.47 Å². The van der Waals surface area contributed by atoms with Gasteiger partial charge in [-0.3, -0.25) is 14.8 Å². The van der Waals surface area contributed by atoms with Crippen LogP contribution in [0.5, 0.6) is 11.5 Å². The van der Waals surface area contributed by atoms with Crippen molar-refractivity contribution in [2.45, 2.75) is 13.0 Å². The molecule has 2 rings (SSSR count). The zero-order valence-corrected chi connectivity index (χ0v) is 19.2. The van der Waals surface area contributed by atoms with Crippen LogP contribution >= 0.6 is 24.0 Å². The highest BCUT2D eigenvalue weighted by Crippen LogP contribution is 2.26. The summed E-state index contributed by atoms with van der Waals surface area (Å²) in [5, 5.41) is 9.17. The van der Waals surface area contributed by atoms with Gasteiger partial charge in [0.25, 0.3) is 5.91 Å². The first-order valence-electron chi connectivity index (χ1n) is 9.06. The summed E-state index contributed by atoms with van der Waals surface area (Å²) >= 11 is 0. The largest absolute Gasteiger partial charge is 0.493 e. The average molecular weight is 513 g/mol. The molecule has 29 heavy (non-hydrogen) atoms. The lowest BCUT2D eigenvalue weighted by Gasteiger charge is -2.19. The molecule has 1 amide bonds. The third-order valence-corrected chi connectivity index (χ3v) is 3.80. The van der Waals surface area contributed by atoms with E-state index < -0.39 is 0 Å². The van der Waals surface area contributed by atoms with Gasteiger partial charge >= 0.3 is 0 Å². The monoisotopic (exact) mass is 513 g/mol. The Hall–Kier alpha value is -2.56. The van der Waals surface area contributed by atoms with Gasteiger partial charge in [0.1, 0.15) is 6.10 Å². The number of guanidine groups is 1. The zero-order valence-electron chi connectivity index (χ0n) is 16.8. The van der Waals surface area contributed by atoms with Crippen molar-refractivity contribution in [3.05, 3.63) is 54.4 Å². The van der Waals surface area contributed by atoms with E-state index >= 15 is 0 Å². The second-order valence-electron chi connectivity index (χ2n) is 5.96. The number of para-hydroxylation sites is 2. The molecule has 0 radical (unpaired) electrons. The number of halogens is 1. The van der Waals surface area contributed by atoms with Gasteiger partial charge < -0.3 is 25.4 Å². The fraction of sp³-hybridized carbons (Fsp3) is 0.350. The van der Waals surface area contributed by atoms with Crippen LogP contribution in [-0.4, -0.2) is 56.7 Å². The first kappa shape index (κ1) is 24.5. The minimum Gasteiger partial charge on any atom is -0.493 e. The van der Waals surface area contributed by atoms with Crippen LogP contribution in [0.1, 0.15) is 17.3 Å². The second kappa shape index (κ2) is 13.6. The van der Waals surface area contributed by atoms with Crippen LogP contribution in [-0.2, 0) is 0 Å². The number of hydrogen-bond acceptors (Lipinski definition) is 5. The Labute approximate surface area is 188 Å². The third kappa shape index (κ3) is 8.55. The maximum atomic E-state index is 11.9. The van der Waals surface area contributed by atoms with Crippen molar-refractivity contribution in [1.82, 2.24) is 20.9 Å². The standard InChI is InChI=1S/C20H27N5O3.HI/c1-15(28-18-9-5-4-8-17(18)27-3)13-25-20(21-2)24-12-11-23-19(26)16-7-6-10-22-14-16;/h4-10,14-15H,11-13H2,1-3H3,(H,23,26)(H2,21,24,25);1H. The number of methoxy groups -OCH3 is 1. The fourth-order valence-electron chi connectivity index (χ4n) is 2.39. The van der Waals surface area contributed by atoms with E-state index in [2.05, 4.69) is 25.9 Å².